The summed E-state index contributed by atoms with van der Waals surface area (Å²) in [6.07, 6.45) is 0.897. The number of fused-ring (bicyclic) bond motifs is 1. The van der Waals surface area contributed by atoms with Crippen LogP contribution in [-0.4, -0.2) is 31.6 Å². The van der Waals surface area contributed by atoms with Gasteiger partial charge < -0.3 is 19.7 Å². The Labute approximate surface area is 184 Å². The summed E-state index contributed by atoms with van der Waals surface area (Å²) in [6.45, 7) is 11.4. The Balaban J connectivity index is 1.88. The van der Waals surface area contributed by atoms with Crippen molar-refractivity contribution in [2.24, 2.45) is 11.3 Å². The number of carbonyl (C=O) groups excluding carboxylic acids is 2. The Kier molecular flexibility index (Phi) is 6.88. The zero-order valence-electron chi connectivity index (χ0n) is 19.0. The van der Waals surface area contributed by atoms with E-state index < -0.39 is 5.41 Å². The Bertz CT molecular complexity index is 952. The van der Waals surface area contributed by atoms with Gasteiger partial charge in [0.1, 0.15) is 18.1 Å². The van der Waals surface area contributed by atoms with E-state index in [2.05, 4.69) is 19.2 Å². The molecule has 6 heteroatoms. The SMILES string of the molecule is CCOc1ccccc1C(=O)Nc1ccc2c(c1)OCC(C)(C)C(=O)N2CCC(C)C. The van der Waals surface area contributed by atoms with Gasteiger partial charge in [0.2, 0.25) is 5.91 Å². The van der Waals surface area contributed by atoms with E-state index in [1.807, 2.05) is 37.8 Å². The fourth-order valence-corrected chi connectivity index (χ4v) is 3.47. The highest BCUT2D eigenvalue weighted by Crippen LogP contribution is 2.38. The molecule has 0 fully saturated rings. The van der Waals surface area contributed by atoms with Crippen molar-refractivity contribution in [3.63, 3.8) is 0 Å². The zero-order chi connectivity index (χ0) is 22.6. The van der Waals surface area contributed by atoms with Gasteiger partial charge in [0.25, 0.3) is 5.91 Å². The predicted molar refractivity (Wildman–Crippen MR) is 123 cm³/mol. The maximum Gasteiger partial charge on any atom is 0.259 e. The minimum atomic E-state index is -0.629. The van der Waals surface area contributed by atoms with Crippen molar-refractivity contribution < 1.29 is 19.1 Å². The van der Waals surface area contributed by atoms with Crippen LogP contribution in [0.15, 0.2) is 42.5 Å². The number of rotatable bonds is 7. The maximum atomic E-state index is 13.2. The summed E-state index contributed by atoms with van der Waals surface area (Å²) in [5, 5.41) is 2.92. The molecule has 1 aliphatic rings. The lowest BCUT2D eigenvalue weighted by Gasteiger charge is -2.28. The van der Waals surface area contributed by atoms with Gasteiger partial charge in [0, 0.05) is 18.3 Å². The van der Waals surface area contributed by atoms with Gasteiger partial charge in [0.15, 0.2) is 0 Å². The molecular weight excluding hydrogens is 392 g/mol. The fourth-order valence-electron chi connectivity index (χ4n) is 3.47. The summed E-state index contributed by atoms with van der Waals surface area (Å²) < 4.78 is 11.6. The summed E-state index contributed by atoms with van der Waals surface area (Å²) >= 11 is 0. The normalized spacial score (nSPS) is 15.2. The van der Waals surface area contributed by atoms with E-state index in [1.54, 1.807) is 30.3 Å². The first-order chi connectivity index (χ1) is 14.7. The first-order valence-corrected chi connectivity index (χ1v) is 10.8. The van der Waals surface area contributed by atoms with E-state index in [0.717, 1.165) is 12.1 Å². The van der Waals surface area contributed by atoms with Crippen LogP contribution in [0.2, 0.25) is 0 Å². The smallest absolute Gasteiger partial charge is 0.259 e. The van der Waals surface area contributed by atoms with Crippen molar-refractivity contribution in [3.8, 4) is 11.5 Å². The second-order valence-electron chi connectivity index (χ2n) is 8.88. The van der Waals surface area contributed by atoms with E-state index in [9.17, 15) is 9.59 Å². The predicted octanol–water partition coefficient (Wildman–Crippen LogP) is 5.14. The van der Waals surface area contributed by atoms with Crippen molar-refractivity contribution in [2.75, 3.05) is 30.0 Å². The molecule has 0 atom stereocenters. The lowest BCUT2D eigenvalue weighted by molar-refractivity contribution is -0.127. The second-order valence-corrected chi connectivity index (χ2v) is 8.88. The topological polar surface area (TPSA) is 67.9 Å². The van der Waals surface area contributed by atoms with E-state index in [-0.39, 0.29) is 18.4 Å². The van der Waals surface area contributed by atoms with E-state index in [0.29, 0.717) is 41.8 Å². The highest BCUT2D eigenvalue weighted by atomic mass is 16.5. The van der Waals surface area contributed by atoms with Gasteiger partial charge in [-0.1, -0.05) is 26.0 Å². The third kappa shape index (κ3) is 5.19. The van der Waals surface area contributed by atoms with Gasteiger partial charge in [-0.05, 0) is 57.4 Å². The maximum absolute atomic E-state index is 13.2. The van der Waals surface area contributed by atoms with Crippen LogP contribution in [0.25, 0.3) is 0 Å². The van der Waals surface area contributed by atoms with Gasteiger partial charge in [-0.25, -0.2) is 0 Å². The largest absolute Gasteiger partial charge is 0.493 e. The average Bonchev–Trinajstić information content (AvgIpc) is 2.82. The zero-order valence-corrected chi connectivity index (χ0v) is 19.0. The molecule has 1 heterocycles. The highest BCUT2D eigenvalue weighted by Gasteiger charge is 2.37. The number of para-hydroxylation sites is 1. The van der Waals surface area contributed by atoms with Gasteiger partial charge in [-0.2, -0.15) is 0 Å². The van der Waals surface area contributed by atoms with Crippen LogP contribution in [0, 0.1) is 11.3 Å². The number of amides is 2. The molecule has 1 N–H and O–H groups in total. The second kappa shape index (κ2) is 9.41. The Hall–Kier alpha value is -3.02. The third-order valence-electron chi connectivity index (χ3n) is 5.28. The summed E-state index contributed by atoms with van der Waals surface area (Å²) in [7, 11) is 0. The Morgan fingerprint density at radius 1 is 1.23 bits per heavy atom. The molecule has 1 aliphatic heterocycles. The molecule has 0 saturated heterocycles. The number of anilines is 2. The van der Waals surface area contributed by atoms with E-state index in [1.165, 1.54) is 0 Å². The minimum absolute atomic E-state index is 0.0503. The lowest BCUT2D eigenvalue weighted by atomic mass is 9.92. The van der Waals surface area contributed by atoms with Crippen molar-refractivity contribution in [3.05, 3.63) is 48.0 Å². The minimum Gasteiger partial charge on any atom is -0.493 e. The average molecular weight is 425 g/mol. The van der Waals surface area contributed by atoms with Crippen LogP contribution >= 0.6 is 0 Å². The molecule has 0 saturated carbocycles. The molecule has 0 radical (unpaired) electrons. The van der Waals surface area contributed by atoms with Crippen molar-refractivity contribution in [1.82, 2.24) is 0 Å². The van der Waals surface area contributed by atoms with Gasteiger partial charge in [0.05, 0.1) is 23.3 Å². The number of nitrogens with zero attached hydrogens (tertiary/aromatic N) is 1. The lowest BCUT2D eigenvalue weighted by Crippen LogP contribution is -2.42. The van der Waals surface area contributed by atoms with Crippen LogP contribution < -0.4 is 19.7 Å². The van der Waals surface area contributed by atoms with Gasteiger partial charge in [-0.3, -0.25) is 9.59 Å². The first kappa shape index (κ1) is 22.7. The summed E-state index contributed by atoms with van der Waals surface area (Å²) in [5.74, 6) is 1.41. The van der Waals surface area contributed by atoms with Crippen LogP contribution in [0.1, 0.15) is 51.4 Å². The number of hydrogen-bond acceptors (Lipinski definition) is 4. The van der Waals surface area contributed by atoms with Crippen molar-refractivity contribution in [1.29, 1.82) is 0 Å². The molecule has 0 aromatic heterocycles. The Morgan fingerprint density at radius 2 is 1.97 bits per heavy atom. The first-order valence-electron chi connectivity index (χ1n) is 10.8. The molecule has 0 spiro atoms. The summed E-state index contributed by atoms with van der Waals surface area (Å²) in [5.41, 5.74) is 1.18. The molecule has 166 valence electrons. The van der Waals surface area contributed by atoms with Crippen LogP contribution in [-0.2, 0) is 4.79 Å². The van der Waals surface area contributed by atoms with Crippen LogP contribution in [0.5, 0.6) is 11.5 Å². The molecule has 0 bridgehead atoms. The van der Waals surface area contributed by atoms with Crippen molar-refractivity contribution in [2.45, 2.75) is 41.0 Å². The number of ether oxygens (including phenoxy) is 2. The number of hydrogen-bond donors (Lipinski definition) is 1. The van der Waals surface area contributed by atoms with Crippen LogP contribution in [0.3, 0.4) is 0 Å². The number of benzene rings is 2. The van der Waals surface area contributed by atoms with Gasteiger partial charge >= 0.3 is 0 Å². The summed E-state index contributed by atoms with van der Waals surface area (Å²) in [4.78, 5) is 27.8. The highest BCUT2D eigenvalue weighted by molar-refractivity contribution is 6.06. The molecule has 0 unspecified atom stereocenters. The van der Waals surface area contributed by atoms with Crippen LogP contribution in [0.4, 0.5) is 11.4 Å². The number of carbonyl (C=O) groups is 2. The number of nitrogens with one attached hydrogen (secondary N) is 1. The standard InChI is InChI=1S/C25H32N2O4/c1-6-30-21-10-8-7-9-19(21)23(28)26-18-11-12-20-22(15-18)31-16-25(4,5)24(29)27(20)14-13-17(2)3/h7-12,15,17H,6,13-14,16H2,1-5H3,(H,26,28). The molecular formula is C25H32N2O4. The molecule has 3 rings (SSSR count). The third-order valence-corrected chi connectivity index (χ3v) is 5.28. The molecule has 0 aliphatic carbocycles. The quantitative estimate of drug-likeness (QED) is 0.669. The molecule has 31 heavy (non-hydrogen) atoms. The molecule has 6 nitrogen and oxygen atoms in total. The molecule has 2 aromatic rings. The Morgan fingerprint density at radius 3 is 2.68 bits per heavy atom. The van der Waals surface area contributed by atoms with Crippen molar-refractivity contribution >= 4 is 23.2 Å². The molecule has 2 amide bonds. The fraction of sp³-hybridized carbons (Fsp3) is 0.440. The van der Waals surface area contributed by atoms with E-state index >= 15 is 0 Å². The van der Waals surface area contributed by atoms with E-state index in [4.69, 9.17) is 9.47 Å². The monoisotopic (exact) mass is 424 g/mol. The molecule has 2 aromatic carbocycles. The van der Waals surface area contributed by atoms with Gasteiger partial charge in [-0.15, -0.1) is 0 Å². The summed E-state index contributed by atoms with van der Waals surface area (Å²) in [6, 6.07) is 12.6.